The quantitative estimate of drug-likeness (QED) is 0.354. The van der Waals surface area contributed by atoms with Crippen molar-refractivity contribution in [2.75, 3.05) is 25.0 Å². The van der Waals surface area contributed by atoms with Crippen molar-refractivity contribution in [2.45, 2.75) is 64.6 Å². The minimum Gasteiger partial charge on any atom is -0.453 e. The maximum absolute atomic E-state index is 14.9. The molecule has 1 aliphatic carbocycles. The summed E-state index contributed by atoms with van der Waals surface area (Å²) < 4.78 is 26.9. The summed E-state index contributed by atoms with van der Waals surface area (Å²) in [5.74, 6) is -0.448. The fourth-order valence-electron chi connectivity index (χ4n) is 4.65. The number of likely N-dealkylation sites (N-methyl/N-ethyl adjacent to an activating group) is 1. The highest BCUT2D eigenvalue weighted by Gasteiger charge is 2.35. The molecule has 2 fully saturated rings. The van der Waals surface area contributed by atoms with Crippen molar-refractivity contribution in [3.63, 3.8) is 0 Å². The number of benzene rings is 1. The number of thiophene rings is 1. The Labute approximate surface area is 241 Å². The zero-order valence-corrected chi connectivity index (χ0v) is 24.3. The first-order valence-electron chi connectivity index (χ1n) is 13.7. The third-order valence-corrected chi connectivity index (χ3v) is 7.90. The van der Waals surface area contributed by atoms with Gasteiger partial charge in [0.05, 0.1) is 21.1 Å². The average molecular weight is 584 g/mol. The van der Waals surface area contributed by atoms with Gasteiger partial charge in [-0.1, -0.05) is 0 Å². The van der Waals surface area contributed by atoms with E-state index < -0.39 is 11.4 Å². The highest BCUT2D eigenvalue weighted by molar-refractivity contribution is 7.21. The summed E-state index contributed by atoms with van der Waals surface area (Å²) in [7, 11) is 0. The summed E-state index contributed by atoms with van der Waals surface area (Å²) in [5.41, 5.74) is 0.274. The molecule has 10 nitrogen and oxygen atoms in total. The van der Waals surface area contributed by atoms with Crippen LogP contribution in [0.4, 0.5) is 19.7 Å². The Kier molecular flexibility index (Phi) is 8.03. The van der Waals surface area contributed by atoms with Crippen LogP contribution in [0.25, 0.3) is 10.2 Å². The lowest BCUT2D eigenvalue weighted by Gasteiger charge is -2.30. The number of aromatic nitrogens is 1. The van der Waals surface area contributed by atoms with Crippen LogP contribution < -0.4 is 15.4 Å². The van der Waals surface area contributed by atoms with Crippen molar-refractivity contribution >= 4 is 45.3 Å². The van der Waals surface area contributed by atoms with Gasteiger partial charge in [-0.05, 0) is 65.2 Å². The number of hydrogen-bond acceptors (Lipinski definition) is 7. The van der Waals surface area contributed by atoms with Crippen LogP contribution in [0.1, 0.15) is 56.6 Å². The van der Waals surface area contributed by atoms with Gasteiger partial charge in [0.2, 0.25) is 0 Å². The minimum atomic E-state index is -0.638. The van der Waals surface area contributed by atoms with Gasteiger partial charge in [-0.3, -0.25) is 9.78 Å². The van der Waals surface area contributed by atoms with Crippen molar-refractivity contribution in [1.29, 1.82) is 0 Å². The fraction of sp³-hybridized carbons (Fsp3) is 0.448. The minimum absolute atomic E-state index is 0.0175. The number of halogens is 1. The molecular formula is C29H34FN5O5S. The Morgan fingerprint density at radius 1 is 1.15 bits per heavy atom. The number of nitrogens with zero attached hydrogens (tertiary/aromatic N) is 3. The summed E-state index contributed by atoms with van der Waals surface area (Å²) in [6.45, 7) is 8.78. The van der Waals surface area contributed by atoms with E-state index in [0.29, 0.717) is 52.6 Å². The molecule has 4 amide bonds. The molecule has 2 aromatic heterocycles. The van der Waals surface area contributed by atoms with Crippen molar-refractivity contribution in [3.05, 3.63) is 47.2 Å². The Morgan fingerprint density at radius 3 is 2.61 bits per heavy atom. The van der Waals surface area contributed by atoms with E-state index in [1.165, 1.54) is 23.5 Å². The monoisotopic (exact) mass is 583 g/mol. The number of likely N-dealkylation sites (tertiary alicyclic amines) is 1. The average Bonchev–Trinajstić information content (AvgIpc) is 3.39. The van der Waals surface area contributed by atoms with Gasteiger partial charge in [0, 0.05) is 49.7 Å². The van der Waals surface area contributed by atoms with Gasteiger partial charge < -0.3 is 29.9 Å². The Balaban J connectivity index is 1.27. The van der Waals surface area contributed by atoms with Gasteiger partial charge in [0.15, 0.2) is 11.6 Å². The second-order valence-electron chi connectivity index (χ2n) is 11.2. The van der Waals surface area contributed by atoms with Crippen molar-refractivity contribution in [2.24, 2.45) is 0 Å². The maximum Gasteiger partial charge on any atom is 0.410 e. The second-order valence-corrected chi connectivity index (χ2v) is 12.3. The SMILES string of the molecule is CCN(C(=O)OC(C)(C)C)[C@H]1CCN(C(=O)c2cc3nccc(Oc4ccc(NC(=O)NC5CC5)cc4F)c3s2)C1. The number of carbonyl (C=O) groups is 3. The topological polar surface area (TPSA) is 113 Å². The molecule has 2 N–H and O–H groups in total. The van der Waals surface area contributed by atoms with Gasteiger partial charge >= 0.3 is 12.1 Å². The molecule has 3 heterocycles. The van der Waals surface area contributed by atoms with Crippen molar-refractivity contribution < 1.29 is 28.2 Å². The van der Waals surface area contributed by atoms with Gasteiger partial charge in [0.25, 0.3) is 5.91 Å². The predicted octanol–water partition coefficient (Wildman–Crippen LogP) is 5.98. The number of ether oxygens (including phenoxy) is 2. The number of carbonyl (C=O) groups excluding carboxylic acids is 3. The number of hydrogen-bond donors (Lipinski definition) is 2. The van der Waals surface area contributed by atoms with Crippen molar-refractivity contribution in [3.8, 4) is 11.5 Å². The molecule has 0 spiro atoms. The lowest BCUT2D eigenvalue weighted by molar-refractivity contribution is 0.0178. The maximum atomic E-state index is 14.9. The van der Waals surface area contributed by atoms with Gasteiger partial charge in [-0.2, -0.15) is 0 Å². The zero-order chi connectivity index (χ0) is 29.3. The molecule has 0 bridgehead atoms. The van der Waals surface area contributed by atoms with E-state index in [2.05, 4.69) is 15.6 Å². The van der Waals surface area contributed by atoms with Gasteiger partial charge in [0.1, 0.15) is 11.4 Å². The van der Waals surface area contributed by atoms with Crippen LogP contribution in [0.5, 0.6) is 11.5 Å². The van der Waals surface area contributed by atoms with E-state index in [-0.39, 0.29) is 35.9 Å². The van der Waals surface area contributed by atoms with E-state index in [9.17, 15) is 18.8 Å². The summed E-state index contributed by atoms with van der Waals surface area (Å²) in [4.78, 5) is 46.3. The summed E-state index contributed by atoms with van der Waals surface area (Å²) >= 11 is 1.22. The smallest absolute Gasteiger partial charge is 0.410 e. The molecule has 0 radical (unpaired) electrons. The second kappa shape index (κ2) is 11.5. The van der Waals surface area contributed by atoms with Crippen LogP contribution in [0.3, 0.4) is 0 Å². The van der Waals surface area contributed by atoms with Crippen LogP contribution in [-0.2, 0) is 4.74 Å². The predicted molar refractivity (Wildman–Crippen MR) is 154 cm³/mol. The van der Waals surface area contributed by atoms with Crippen molar-refractivity contribution in [1.82, 2.24) is 20.1 Å². The van der Waals surface area contributed by atoms with Crippen LogP contribution in [0.15, 0.2) is 36.5 Å². The largest absolute Gasteiger partial charge is 0.453 e. The molecule has 1 atom stereocenters. The molecular weight excluding hydrogens is 549 g/mol. The molecule has 0 unspecified atom stereocenters. The molecule has 3 aromatic rings. The van der Waals surface area contributed by atoms with E-state index in [0.717, 1.165) is 12.8 Å². The third kappa shape index (κ3) is 6.87. The third-order valence-electron chi connectivity index (χ3n) is 6.77. The number of amides is 4. The Bertz CT molecular complexity index is 1470. The number of urea groups is 1. The highest BCUT2D eigenvalue weighted by atomic mass is 32.1. The van der Waals surface area contributed by atoms with Crippen LogP contribution in [0.2, 0.25) is 0 Å². The summed E-state index contributed by atoms with van der Waals surface area (Å²) in [5, 5.41) is 5.41. The van der Waals surface area contributed by atoms with Gasteiger partial charge in [-0.25, -0.2) is 14.0 Å². The van der Waals surface area contributed by atoms with E-state index in [4.69, 9.17) is 9.47 Å². The number of fused-ring (bicyclic) bond motifs is 1. The summed E-state index contributed by atoms with van der Waals surface area (Å²) in [6, 6.07) is 7.22. The summed E-state index contributed by atoms with van der Waals surface area (Å²) in [6.07, 6.45) is 3.72. The van der Waals surface area contributed by atoms with E-state index in [1.54, 1.807) is 34.2 Å². The lowest BCUT2D eigenvalue weighted by Crippen LogP contribution is -2.45. The molecule has 41 heavy (non-hydrogen) atoms. The Morgan fingerprint density at radius 2 is 1.93 bits per heavy atom. The lowest BCUT2D eigenvalue weighted by atomic mass is 10.2. The van der Waals surface area contributed by atoms with Crippen LogP contribution >= 0.6 is 11.3 Å². The van der Waals surface area contributed by atoms with Crippen LogP contribution in [-0.4, -0.2) is 70.1 Å². The molecule has 2 aliphatic rings. The number of rotatable bonds is 7. The number of pyridine rings is 1. The molecule has 5 rings (SSSR count). The molecule has 1 saturated heterocycles. The Hall–Kier alpha value is -3.93. The first-order chi connectivity index (χ1) is 19.5. The number of nitrogens with one attached hydrogen (secondary N) is 2. The molecule has 1 aliphatic heterocycles. The molecule has 218 valence electrons. The zero-order valence-electron chi connectivity index (χ0n) is 23.5. The molecule has 1 aromatic carbocycles. The molecule has 1 saturated carbocycles. The standard InChI is InChI=1S/C29H34FN5O5S/c1-5-35(28(38)40-29(2,3)4)19-11-13-34(16-19)26(36)24-15-21-25(41-24)23(10-12-31-21)39-22-9-8-18(14-20(22)30)33-27(37)32-17-6-7-17/h8-10,12,14-15,17,19H,5-7,11,13,16H2,1-4H3,(H2,32,33,37)/t19-/m0/s1. The van der Waals surface area contributed by atoms with Crippen LogP contribution in [0, 0.1) is 5.82 Å². The first kappa shape index (κ1) is 28.6. The molecule has 12 heteroatoms. The normalized spacial score (nSPS) is 16.9. The fourth-order valence-corrected chi connectivity index (χ4v) is 5.69. The van der Waals surface area contributed by atoms with E-state index in [1.807, 2.05) is 27.7 Å². The first-order valence-corrected chi connectivity index (χ1v) is 14.5. The number of anilines is 1. The highest BCUT2D eigenvalue weighted by Crippen LogP contribution is 2.37. The van der Waals surface area contributed by atoms with Gasteiger partial charge in [-0.15, -0.1) is 11.3 Å². The van der Waals surface area contributed by atoms with E-state index >= 15 is 0 Å².